The molecule has 0 N–H and O–H groups in total. The largest absolute Gasteiger partial charge is 0.490 e. The normalized spacial score (nSPS) is 19.6. The Morgan fingerprint density at radius 3 is 2.79 bits per heavy atom. The molecule has 14 heavy (non-hydrogen) atoms. The van der Waals surface area contributed by atoms with E-state index in [1.54, 1.807) is 0 Å². The van der Waals surface area contributed by atoms with Gasteiger partial charge in [-0.15, -0.1) is 0 Å². The van der Waals surface area contributed by atoms with Gasteiger partial charge in [0.05, 0.1) is 0 Å². The molecule has 0 saturated carbocycles. The van der Waals surface area contributed by atoms with Crippen LogP contribution in [0.1, 0.15) is 37.8 Å². The van der Waals surface area contributed by atoms with Crippen LogP contribution < -0.4 is 4.74 Å². The number of benzene rings is 1. The summed E-state index contributed by atoms with van der Waals surface area (Å²) in [6.07, 6.45) is 1.27. The van der Waals surface area contributed by atoms with E-state index in [1.807, 2.05) is 12.1 Å². The molecular weight excluding hydrogens is 196 g/mol. The maximum Gasteiger partial charge on any atom is 0.126 e. The fraction of sp³-hybridized carbons (Fsp3) is 0.500. The van der Waals surface area contributed by atoms with Crippen LogP contribution in [-0.4, -0.2) is 6.10 Å². The Bertz CT molecular complexity index is 358. The van der Waals surface area contributed by atoms with E-state index in [1.165, 1.54) is 11.1 Å². The van der Waals surface area contributed by atoms with Crippen LogP contribution in [0, 0.1) is 0 Å². The SMILES string of the molecule is CC1Cc2cc(Cl)cc(C(C)C)c2O1. The molecule has 0 amide bonds. The Kier molecular flexibility index (Phi) is 2.44. The second-order valence-electron chi connectivity index (χ2n) is 4.27. The lowest BCUT2D eigenvalue weighted by Crippen LogP contribution is -2.06. The zero-order valence-electron chi connectivity index (χ0n) is 8.80. The minimum Gasteiger partial charge on any atom is -0.490 e. The van der Waals surface area contributed by atoms with Crippen molar-refractivity contribution in [1.82, 2.24) is 0 Å². The van der Waals surface area contributed by atoms with E-state index in [-0.39, 0.29) is 0 Å². The number of halogens is 1. The second kappa shape index (κ2) is 3.47. The van der Waals surface area contributed by atoms with Crippen molar-refractivity contribution in [2.45, 2.75) is 39.2 Å². The molecule has 1 nitrogen and oxygen atoms in total. The van der Waals surface area contributed by atoms with Crippen LogP contribution in [0.25, 0.3) is 0 Å². The van der Waals surface area contributed by atoms with E-state index in [9.17, 15) is 0 Å². The number of ether oxygens (including phenoxy) is 1. The molecule has 2 heteroatoms. The number of rotatable bonds is 1. The van der Waals surface area contributed by atoms with Crippen molar-refractivity contribution < 1.29 is 4.74 Å². The predicted molar refractivity (Wildman–Crippen MR) is 59.3 cm³/mol. The highest BCUT2D eigenvalue weighted by Crippen LogP contribution is 2.38. The summed E-state index contributed by atoms with van der Waals surface area (Å²) in [4.78, 5) is 0. The lowest BCUT2D eigenvalue weighted by atomic mass is 9.99. The van der Waals surface area contributed by atoms with Crippen LogP contribution in [0.4, 0.5) is 0 Å². The minimum absolute atomic E-state index is 0.293. The van der Waals surface area contributed by atoms with Crippen molar-refractivity contribution in [1.29, 1.82) is 0 Å². The van der Waals surface area contributed by atoms with Crippen LogP contribution in [0.5, 0.6) is 5.75 Å². The molecule has 1 unspecified atom stereocenters. The molecule has 1 aromatic carbocycles. The van der Waals surface area contributed by atoms with Gasteiger partial charge in [0.1, 0.15) is 11.9 Å². The molecule has 1 aliphatic rings. The monoisotopic (exact) mass is 210 g/mol. The zero-order chi connectivity index (χ0) is 10.3. The average Bonchev–Trinajstić information content (AvgIpc) is 2.42. The van der Waals surface area contributed by atoms with Gasteiger partial charge in [0.15, 0.2) is 0 Å². The lowest BCUT2D eigenvalue weighted by Gasteiger charge is -2.12. The molecule has 1 heterocycles. The summed E-state index contributed by atoms with van der Waals surface area (Å²) in [6.45, 7) is 6.43. The molecule has 76 valence electrons. The molecule has 1 aliphatic heterocycles. The highest BCUT2D eigenvalue weighted by Gasteiger charge is 2.23. The van der Waals surface area contributed by atoms with E-state index in [0.29, 0.717) is 12.0 Å². The summed E-state index contributed by atoms with van der Waals surface area (Å²) < 4.78 is 5.80. The molecule has 0 aliphatic carbocycles. The van der Waals surface area contributed by atoms with Crippen LogP contribution >= 0.6 is 11.6 Å². The van der Waals surface area contributed by atoms with Gasteiger partial charge in [0.25, 0.3) is 0 Å². The molecule has 2 rings (SSSR count). The molecule has 0 saturated heterocycles. The molecule has 0 aromatic heterocycles. The van der Waals surface area contributed by atoms with Crippen LogP contribution in [-0.2, 0) is 6.42 Å². The maximum atomic E-state index is 6.06. The van der Waals surface area contributed by atoms with Gasteiger partial charge < -0.3 is 4.74 Å². The Morgan fingerprint density at radius 1 is 1.43 bits per heavy atom. The van der Waals surface area contributed by atoms with Crippen molar-refractivity contribution in [2.75, 3.05) is 0 Å². The molecule has 1 atom stereocenters. The minimum atomic E-state index is 0.293. The fourth-order valence-electron chi connectivity index (χ4n) is 1.95. The van der Waals surface area contributed by atoms with Gasteiger partial charge >= 0.3 is 0 Å². The Morgan fingerprint density at radius 2 is 2.14 bits per heavy atom. The first-order valence-electron chi connectivity index (χ1n) is 5.07. The van der Waals surface area contributed by atoms with E-state index in [4.69, 9.17) is 16.3 Å². The molecule has 0 radical (unpaired) electrons. The quantitative estimate of drug-likeness (QED) is 0.686. The van der Waals surface area contributed by atoms with E-state index in [0.717, 1.165) is 17.2 Å². The first-order chi connectivity index (χ1) is 6.58. The summed E-state index contributed by atoms with van der Waals surface area (Å²) in [7, 11) is 0. The maximum absolute atomic E-state index is 6.06. The first-order valence-corrected chi connectivity index (χ1v) is 5.44. The van der Waals surface area contributed by atoms with Crippen LogP contribution in [0.3, 0.4) is 0 Å². The number of fused-ring (bicyclic) bond motifs is 1. The highest BCUT2D eigenvalue weighted by atomic mass is 35.5. The second-order valence-corrected chi connectivity index (χ2v) is 4.71. The van der Waals surface area contributed by atoms with E-state index >= 15 is 0 Å². The predicted octanol–water partition coefficient (Wildman–Crippen LogP) is 3.79. The molecule has 0 fully saturated rings. The van der Waals surface area contributed by atoms with Crippen LogP contribution in [0.15, 0.2) is 12.1 Å². The topological polar surface area (TPSA) is 9.23 Å². The van der Waals surface area contributed by atoms with Crippen molar-refractivity contribution >= 4 is 11.6 Å². The highest BCUT2D eigenvalue weighted by molar-refractivity contribution is 6.30. The van der Waals surface area contributed by atoms with E-state index < -0.39 is 0 Å². The fourth-order valence-corrected chi connectivity index (χ4v) is 2.20. The summed E-state index contributed by atoms with van der Waals surface area (Å²) in [5, 5.41) is 0.824. The number of hydrogen-bond donors (Lipinski definition) is 0. The Balaban J connectivity index is 2.52. The number of hydrogen-bond acceptors (Lipinski definition) is 1. The summed E-state index contributed by atoms with van der Waals surface area (Å²) >= 11 is 6.06. The van der Waals surface area contributed by atoms with Gasteiger partial charge in [-0.2, -0.15) is 0 Å². The van der Waals surface area contributed by atoms with Crippen molar-refractivity contribution in [3.05, 3.63) is 28.3 Å². The third-order valence-corrected chi connectivity index (χ3v) is 2.83. The van der Waals surface area contributed by atoms with Gasteiger partial charge in [-0.05, 0) is 36.1 Å². The Labute approximate surface area is 90.0 Å². The van der Waals surface area contributed by atoms with Crippen molar-refractivity contribution in [2.24, 2.45) is 0 Å². The Hall–Kier alpha value is -0.690. The molecule has 1 aromatic rings. The molecular formula is C12H15ClO. The van der Waals surface area contributed by atoms with Gasteiger partial charge in [-0.25, -0.2) is 0 Å². The van der Waals surface area contributed by atoms with Crippen molar-refractivity contribution in [3.63, 3.8) is 0 Å². The lowest BCUT2D eigenvalue weighted by molar-refractivity contribution is 0.252. The van der Waals surface area contributed by atoms with Gasteiger partial charge in [-0.1, -0.05) is 25.4 Å². The third kappa shape index (κ3) is 1.61. The average molecular weight is 211 g/mol. The first kappa shape index (κ1) is 9.85. The van der Waals surface area contributed by atoms with Gasteiger partial charge in [-0.3, -0.25) is 0 Å². The molecule has 0 spiro atoms. The molecule has 0 bridgehead atoms. The summed E-state index contributed by atoms with van der Waals surface area (Å²) in [5.41, 5.74) is 2.49. The van der Waals surface area contributed by atoms with Crippen molar-refractivity contribution in [3.8, 4) is 5.75 Å². The van der Waals surface area contributed by atoms with Crippen LogP contribution in [0.2, 0.25) is 5.02 Å². The summed E-state index contributed by atoms with van der Waals surface area (Å²) in [6, 6.07) is 4.04. The van der Waals surface area contributed by atoms with E-state index in [2.05, 4.69) is 20.8 Å². The standard InChI is InChI=1S/C12H15ClO/c1-7(2)11-6-10(13)5-9-4-8(3)14-12(9)11/h5-8H,4H2,1-3H3. The van der Waals surface area contributed by atoms with Gasteiger partial charge in [0, 0.05) is 11.4 Å². The smallest absolute Gasteiger partial charge is 0.126 e. The zero-order valence-corrected chi connectivity index (χ0v) is 9.56. The third-order valence-electron chi connectivity index (χ3n) is 2.61. The summed E-state index contributed by atoms with van der Waals surface area (Å²) in [5.74, 6) is 1.53. The van der Waals surface area contributed by atoms with Gasteiger partial charge in [0.2, 0.25) is 0 Å².